The van der Waals surface area contributed by atoms with Gasteiger partial charge >= 0.3 is 0 Å². The standard InChI is InChI=1S/C25H28N2O3/c1-4-16(2)17(3)27(20-12-13-20)23(28)19-9-7-8-18(14-19)15-26-24(29)21-10-5-6-11-22(21)25(26)30/h5-11,14,16-17,20H,4,12-13,15H2,1-3H3. The minimum atomic E-state index is -0.280. The fourth-order valence-corrected chi connectivity index (χ4v) is 4.17. The van der Waals surface area contributed by atoms with Gasteiger partial charge in [0.15, 0.2) is 0 Å². The summed E-state index contributed by atoms with van der Waals surface area (Å²) >= 11 is 0. The largest absolute Gasteiger partial charge is 0.333 e. The smallest absolute Gasteiger partial charge is 0.261 e. The van der Waals surface area contributed by atoms with E-state index in [1.54, 1.807) is 24.3 Å². The van der Waals surface area contributed by atoms with Crippen LogP contribution in [0.3, 0.4) is 0 Å². The highest BCUT2D eigenvalue weighted by atomic mass is 16.2. The van der Waals surface area contributed by atoms with Crippen molar-refractivity contribution in [3.8, 4) is 0 Å². The summed E-state index contributed by atoms with van der Waals surface area (Å²) in [5.74, 6) is -0.0970. The Morgan fingerprint density at radius 3 is 2.23 bits per heavy atom. The van der Waals surface area contributed by atoms with Crippen molar-refractivity contribution in [3.63, 3.8) is 0 Å². The van der Waals surface area contributed by atoms with E-state index in [4.69, 9.17) is 0 Å². The molecule has 1 saturated carbocycles. The summed E-state index contributed by atoms with van der Waals surface area (Å²) in [7, 11) is 0. The number of carbonyl (C=O) groups is 3. The molecule has 2 aromatic rings. The minimum absolute atomic E-state index is 0.0366. The van der Waals surface area contributed by atoms with Crippen molar-refractivity contribution in [2.75, 3.05) is 0 Å². The summed E-state index contributed by atoms with van der Waals surface area (Å²) in [5, 5.41) is 0. The number of fused-ring (bicyclic) bond motifs is 1. The van der Waals surface area contributed by atoms with E-state index >= 15 is 0 Å². The first-order chi connectivity index (χ1) is 14.4. The van der Waals surface area contributed by atoms with Crippen LogP contribution < -0.4 is 0 Å². The van der Waals surface area contributed by atoms with E-state index in [0.29, 0.717) is 28.7 Å². The lowest BCUT2D eigenvalue weighted by Gasteiger charge is -2.33. The van der Waals surface area contributed by atoms with Crippen molar-refractivity contribution in [2.45, 2.75) is 58.7 Å². The number of hydrogen-bond donors (Lipinski definition) is 0. The zero-order valence-corrected chi connectivity index (χ0v) is 17.8. The van der Waals surface area contributed by atoms with Crippen LogP contribution in [-0.2, 0) is 6.54 Å². The predicted molar refractivity (Wildman–Crippen MR) is 115 cm³/mol. The summed E-state index contributed by atoms with van der Waals surface area (Å²) in [4.78, 5) is 42.0. The highest BCUT2D eigenvalue weighted by molar-refractivity contribution is 6.21. The fraction of sp³-hybridized carbons (Fsp3) is 0.400. The lowest BCUT2D eigenvalue weighted by Crippen LogP contribution is -2.43. The van der Waals surface area contributed by atoms with Crippen LogP contribution in [0.4, 0.5) is 0 Å². The third-order valence-electron chi connectivity index (χ3n) is 6.47. The molecule has 0 aromatic heterocycles. The molecule has 0 N–H and O–H groups in total. The molecule has 0 bridgehead atoms. The van der Waals surface area contributed by atoms with E-state index in [0.717, 1.165) is 24.8 Å². The van der Waals surface area contributed by atoms with Gasteiger partial charge in [-0.2, -0.15) is 0 Å². The molecule has 0 saturated heterocycles. The van der Waals surface area contributed by atoms with Crippen LogP contribution in [0.5, 0.6) is 0 Å². The van der Waals surface area contributed by atoms with Crippen molar-refractivity contribution < 1.29 is 14.4 Å². The molecule has 3 amide bonds. The molecule has 1 aliphatic carbocycles. The number of imide groups is 1. The number of carbonyl (C=O) groups excluding carboxylic acids is 3. The van der Waals surface area contributed by atoms with Crippen molar-refractivity contribution in [1.82, 2.24) is 9.80 Å². The summed E-state index contributed by atoms with van der Waals surface area (Å²) in [6, 6.07) is 14.7. The maximum absolute atomic E-state index is 13.4. The van der Waals surface area contributed by atoms with E-state index in [9.17, 15) is 14.4 Å². The topological polar surface area (TPSA) is 57.7 Å². The van der Waals surface area contributed by atoms with Gasteiger partial charge in [-0.1, -0.05) is 44.5 Å². The summed E-state index contributed by atoms with van der Waals surface area (Å²) in [6.07, 6.45) is 3.14. The molecule has 5 heteroatoms. The number of amides is 3. The highest BCUT2D eigenvalue weighted by Crippen LogP contribution is 2.33. The van der Waals surface area contributed by atoms with Crippen LogP contribution in [0.25, 0.3) is 0 Å². The van der Waals surface area contributed by atoms with Gasteiger partial charge in [-0.15, -0.1) is 0 Å². The van der Waals surface area contributed by atoms with Crippen LogP contribution >= 0.6 is 0 Å². The molecule has 30 heavy (non-hydrogen) atoms. The molecule has 2 unspecified atom stereocenters. The Morgan fingerprint density at radius 2 is 1.67 bits per heavy atom. The summed E-state index contributed by atoms with van der Waals surface area (Å²) in [6.45, 7) is 6.64. The van der Waals surface area contributed by atoms with Gasteiger partial charge in [0.25, 0.3) is 17.7 Å². The molecule has 1 fully saturated rings. The molecule has 0 spiro atoms. The second-order valence-corrected chi connectivity index (χ2v) is 8.51. The zero-order chi connectivity index (χ0) is 21.4. The third-order valence-corrected chi connectivity index (χ3v) is 6.47. The van der Waals surface area contributed by atoms with Crippen LogP contribution in [0.1, 0.15) is 76.7 Å². The number of nitrogens with zero attached hydrogens (tertiary/aromatic N) is 2. The molecule has 2 aromatic carbocycles. The Bertz CT molecular complexity index is 960. The van der Waals surface area contributed by atoms with E-state index in [1.807, 2.05) is 29.2 Å². The minimum Gasteiger partial charge on any atom is -0.333 e. The van der Waals surface area contributed by atoms with Crippen LogP contribution in [0.2, 0.25) is 0 Å². The Labute approximate surface area is 177 Å². The van der Waals surface area contributed by atoms with Crippen molar-refractivity contribution in [3.05, 3.63) is 70.8 Å². The van der Waals surface area contributed by atoms with Gasteiger partial charge < -0.3 is 4.90 Å². The van der Waals surface area contributed by atoms with E-state index in [1.165, 1.54) is 4.90 Å². The number of hydrogen-bond acceptors (Lipinski definition) is 3. The molecule has 5 nitrogen and oxygen atoms in total. The van der Waals surface area contributed by atoms with Crippen LogP contribution in [-0.4, -0.2) is 39.6 Å². The maximum atomic E-state index is 13.4. The van der Waals surface area contributed by atoms with Gasteiger partial charge in [0.05, 0.1) is 17.7 Å². The number of rotatable bonds is 7. The molecule has 0 radical (unpaired) electrons. The SMILES string of the molecule is CCC(C)C(C)N(C(=O)c1cccc(CN2C(=O)c3ccccc3C2=O)c1)C1CC1. The molecular formula is C25H28N2O3. The van der Waals surface area contributed by atoms with Crippen molar-refractivity contribution in [1.29, 1.82) is 0 Å². The fourth-order valence-electron chi connectivity index (χ4n) is 4.17. The van der Waals surface area contributed by atoms with Crippen LogP contribution in [0, 0.1) is 5.92 Å². The Balaban J connectivity index is 1.55. The first-order valence-corrected chi connectivity index (χ1v) is 10.8. The molecule has 156 valence electrons. The Hall–Kier alpha value is -2.95. The van der Waals surface area contributed by atoms with Gasteiger partial charge in [0, 0.05) is 17.6 Å². The molecule has 4 rings (SSSR count). The average Bonchev–Trinajstić information content (AvgIpc) is 3.57. The summed E-state index contributed by atoms with van der Waals surface area (Å²) in [5.41, 5.74) is 2.28. The Kier molecular flexibility index (Phi) is 5.46. The van der Waals surface area contributed by atoms with Crippen LogP contribution in [0.15, 0.2) is 48.5 Å². The first-order valence-electron chi connectivity index (χ1n) is 10.8. The third kappa shape index (κ3) is 3.64. The molecule has 2 atom stereocenters. The first kappa shape index (κ1) is 20.3. The molecular weight excluding hydrogens is 376 g/mol. The number of benzene rings is 2. The summed E-state index contributed by atoms with van der Waals surface area (Å²) < 4.78 is 0. The van der Waals surface area contributed by atoms with Gasteiger partial charge in [-0.05, 0) is 55.5 Å². The second kappa shape index (κ2) is 8.05. The predicted octanol–water partition coefficient (Wildman–Crippen LogP) is 4.52. The van der Waals surface area contributed by atoms with Gasteiger partial charge in [0.2, 0.25) is 0 Å². The van der Waals surface area contributed by atoms with Crippen molar-refractivity contribution >= 4 is 17.7 Å². The molecule has 1 aliphatic heterocycles. The highest BCUT2D eigenvalue weighted by Gasteiger charge is 2.38. The van der Waals surface area contributed by atoms with E-state index < -0.39 is 0 Å². The lowest BCUT2D eigenvalue weighted by molar-refractivity contribution is 0.0614. The van der Waals surface area contributed by atoms with Gasteiger partial charge in [-0.25, -0.2) is 0 Å². The van der Waals surface area contributed by atoms with Gasteiger partial charge in [0.1, 0.15) is 0 Å². The maximum Gasteiger partial charge on any atom is 0.261 e. The van der Waals surface area contributed by atoms with E-state index in [2.05, 4.69) is 20.8 Å². The molecule has 1 heterocycles. The zero-order valence-electron chi connectivity index (χ0n) is 17.8. The lowest BCUT2D eigenvalue weighted by atomic mass is 9.98. The quantitative estimate of drug-likeness (QED) is 0.638. The average molecular weight is 405 g/mol. The second-order valence-electron chi connectivity index (χ2n) is 8.51. The molecule has 2 aliphatic rings. The normalized spacial score (nSPS) is 17.6. The monoisotopic (exact) mass is 404 g/mol. The van der Waals surface area contributed by atoms with Gasteiger partial charge in [-0.3, -0.25) is 19.3 Å². The van der Waals surface area contributed by atoms with Crippen molar-refractivity contribution in [2.24, 2.45) is 5.92 Å². The Morgan fingerprint density at radius 1 is 1.03 bits per heavy atom. The van der Waals surface area contributed by atoms with E-state index in [-0.39, 0.29) is 30.3 Å².